The smallest absolute Gasteiger partial charge is 0.306 e. The molecule has 0 aliphatic heterocycles. The Morgan fingerprint density at radius 1 is 0.296 bits per heavy atom. The average molecular weight is 988 g/mol. The van der Waals surface area contributed by atoms with Gasteiger partial charge in [-0.25, -0.2) is 0 Å². The highest BCUT2D eigenvalue weighted by molar-refractivity contribution is 5.71. The van der Waals surface area contributed by atoms with E-state index in [1.165, 1.54) is 109 Å². The van der Waals surface area contributed by atoms with E-state index in [2.05, 4.69) is 118 Å². The summed E-state index contributed by atoms with van der Waals surface area (Å²) in [5.41, 5.74) is 0. The Bertz CT molecular complexity index is 1410. The van der Waals surface area contributed by atoms with Gasteiger partial charge < -0.3 is 14.2 Å². The third-order valence-corrected chi connectivity index (χ3v) is 12.6. The van der Waals surface area contributed by atoms with Crippen molar-refractivity contribution in [2.75, 3.05) is 13.2 Å². The molecular weight excluding hydrogens is 877 g/mol. The highest BCUT2D eigenvalue weighted by Gasteiger charge is 2.19. The second kappa shape index (κ2) is 58.9. The predicted octanol–water partition coefficient (Wildman–Crippen LogP) is 20.1. The van der Waals surface area contributed by atoms with Crippen molar-refractivity contribution in [2.45, 2.75) is 284 Å². The van der Waals surface area contributed by atoms with Crippen molar-refractivity contribution in [1.29, 1.82) is 0 Å². The standard InChI is InChI=1S/C65H110O6/c1-4-7-10-13-16-19-22-24-26-27-28-29-30-31-32-33-34-35-36-37-39-40-43-46-49-52-55-58-64(67)70-61-62(60-69-63(66)57-54-51-48-45-42-21-18-15-12-9-6-3)71-65(68)59-56-53-50-47-44-41-38-25-23-20-17-14-11-8-5-2/h7-8,10-11,15-20,24-26,28-29,38,62H,4-6,9,12-14,21-23,27,30-37,39-61H2,1-3H3/b10-7-,11-8-,18-15-,19-16-,20-17-,26-24-,29-28-,38-25-. The van der Waals surface area contributed by atoms with Crippen LogP contribution in [0.3, 0.4) is 0 Å². The van der Waals surface area contributed by atoms with E-state index >= 15 is 0 Å². The first-order chi connectivity index (χ1) is 35.0. The third kappa shape index (κ3) is 57.1. The molecule has 0 heterocycles. The zero-order valence-electron chi connectivity index (χ0n) is 46.5. The summed E-state index contributed by atoms with van der Waals surface area (Å²) >= 11 is 0. The Morgan fingerprint density at radius 2 is 0.549 bits per heavy atom. The number of carbonyl (C=O) groups excluding carboxylic acids is 3. The van der Waals surface area contributed by atoms with Crippen LogP contribution in [-0.4, -0.2) is 37.2 Å². The summed E-state index contributed by atoms with van der Waals surface area (Å²) in [7, 11) is 0. The molecule has 0 N–H and O–H groups in total. The molecule has 6 nitrogen and oxygen atoms in total. The number of allylic oxidation sites excluding steroid dienone is 16. The number of hydrogen-bond donors (Lipinski definition) is 0. The van der Waals surface area contributed by atoms with Crippen LogP contribution in [0.2, 0.25) is 0 Å². The number of hydrogen-bond acceptors (Lipinski definition) is 6. The SMILES string of the molecule is CC/C=C\C/C=C\C/C=C\C/C=C\CCCCCCCCCCCCCCCCC(=O)OCC(COC(=O)CCCCCCC/C=C\CCCC)OC(=O)CCCCCCC/C=C\C/C=C\C/C=C\CC. The molecule has 1 atom stereocenters. The van der Waals surface area contributed by atoms with E-state index in [4.69, 9.17) is 14.2 Å². The van der Waals surface area contributed by atoms with Crippen molar-refractivity contribution in [2.24, 2.45) is 0 Å². The Hall–Kier alpha value is -3.67. The van der Waals surface area contributed by atoms with Crippen LogP contribution in [0.1, 0.15) is 278 Å². The van der Waals surface area contributed by atoms with Crippen molar-refractivity contribution in [3.63, 3.8) is 0 Å². The lowest BCUT2D eigenvalue weighted by atomic mass is 10.0. The zero-order valence-corrected chi connectivity index (χ0v) is 46.5. The molecule has 406 valence electrons. The molecule has 0 fully saturated rings. The summed E-state index contributed by atoms with van der Waals surface area (Å²) in [5, 5.41) is 0. The molecule has 0 aromatic heterocycles. The van der Waals surface area contributed by atoms with Gasteiger partial charge in [-0.2, -0.15) is 0 Å². The molecular formula is C65H110O6. The van der Waals surface area contributed by atoms with E-state index in [9.17, 15) is 14.4 Å². The Labute approximate surface area is 438 Å². The van der Waals surface area contributed by atoms with Crippen LogP contribution in [-0.2, 0) is 28.6 Å². The molecule has 0 spiro atoms. The van der Waals surface area contributed by atoms with Gasteiger partial charge in [-0.05, 0) is 109 Å². The number of carbonyl (C=O) groups is 3. The Morgan fingerprint density at radius 3 is 0.873 bits per heavy atom. The van der Waals surface area contributed by atoms with E-state index < -0.39 is 6.10 Å². The minimum atomic E-state index is -0.790. The van der Waals surface area contributed by atoms with E-state index in [1.807, 2.05) is 0 Å². The van der Waals surface area contributed by atoms with Gasteiger partial charge in [-0.15, -0.1) is 0 Å². The highest BCUT2D eigenvalue weighted by atomic mass is 16.6. The lowest BCUT2D eigenvalue weighted by Crippen LogP contribution is -2.30. The summed E-state index contributed by atoms with van der Waals surface area (Å²) in [4.78, 5) is 38.1. The summed E-state index contributed by atoms with van der Waals surface area (Å²) < 4.78 is 16.8. The molecule has 0 saturated carbocycles. The van der Waals surface area contributed by atoms with Crippen LogP contribution >= 0.6 is 0 Å². The molecule has 1 unspecified atom stereocenters. The molecule has 0 rings (SSSR count). The molecule has 0 saturated heterocycles. The van der Waals surface area contributed by atoms with Gasteiger partial charge in [0.1, 0.15) is 13.2 Å². The first-order valence-corrected chi connectivity index (χ1v) is 29.7. The second-order valence-electron chi connectivity index (χ2n) is 19.5. The number of rotatable bonds is 53. The molecule has 6 heteroatoms. The molecule has 0 aromatic carbocycles. The topological polar surface area (TPSA) is 78.9 Å². The van der Waals surface area contributed by atoms with Gasteiger partial charge in [0.25, 0.3) is 0 Å². The molecule has 0 aliphatic carbocycles. The van der Waals surface area contributed by atoms with Gasteiger partial charge in [0.05, 0.1) is 0 Å². The predicted molar refractivity (Wildman–Crippen MR) is 307 cm³/mol. The molecule has 0 radical (unpaired) electrons. The molecule has 71 heavy (non-hydrogen) atoms. The quantitative estimate of drug-likeness (QED) is 0.0261. The van der Waals surface area contributed by atoms with Crippen LogP contribution in [0.25, 0.3) is 0 Å². The van der Waals surface area contributed by atoms with Crippen molar-refractivity contribution < 1.29 is 28.6 Å². The van der Waals surface area contributed by atoms with Crippen LogP contribution in [0, 0.1) is 0 Å². The number of esters is 3. The summed E-state index contributed by atoms with van der Waals surface area (Å²) in [6.07, 6.45) is 78.4. The maximum Gasteiger partial charge on any atom is 0.306 e. The van der Waals surface area contributed by atoms with Gasteiger partial charge >= 0.3 is 17.9 Å². The minimum absolute atomic E-state index is 0.0867. The Kier molecular flexibility index (Phi) is 55.9. The summed E-state index contributed by atoms with van der Waals surface area (Å²) in [6, 6.07) is 0. The van der Waals surface area contributed by atoms with E-state index in [0.29, 0.717) is 19.3 Å². The van der Waals surface area contributed by atoms with Crippen molar-refractivity contribution in [3.05, 3.63) is 97.2 Å². The molecule has 0 amide bonds. The fraction of sp³-hybridized carbons (Fsp3) is 0.708. The van der Waals surface area contributed by atoms with Crippen molar-refractivity contribution in [1.82, 2.24) is 0 Å². The van der Waals surface area contributed by atoms with Crippen molar-refractivity contribution in [3.8, 4) is 0 Å². The van der Waals surface area contributed by atoms with Crippen LogP contribution in [0.4, 0.5) is 0 Å². The van der Waals surface area contributed by atoms with Crippen LogP contribution in [0.15, 0.2) is 97.2 Å². The third-order valence-electron chi connectivity index (χ3n) is 12.6. The van der Waals surface area contributed by atoms with Gasteiger partial charge in [0.15, 0.2) is 6.10 Å². The van der Waals surface area contributed by atoms with Crippen LogP contribution < -0.4 is 0 Å². The second-order valence-corrected chi connectivity index (χ2v) is 19.5. The normalized spacial score (nSPS) is 12.8. The maximum atomic E-state index is 12.8. The molecule has 0 aromatic rings. The zero-order chi connectivity index (χ0) is 51.4. The maximum absolute atomic E-state index is 12.8. The summed E-state index contributed by atoms with van der Waals surface area (Å²) in [6.45, 7) is 6.37. The van der Waals surface area contributed by atoms with E-state index in [-0.39, 0.29) is 31.1 Å². The first kappa shape index (κ1) is 67.3. The fourth-order valence-corrected chi connectivity index (χ4v) is 8.14. The number of unbranched alkanes of at least 4 members (excludes halogenated alkanes) is 26. The largest absolute Gasteiger partial charge is 0.462 e. The fourth-order valence-electron chi connectivity index (χ4n) is 8.14. The molecule has 0 aliphatic rings. The lowest BCUT2D eigenvalue weighted by molar-refractivity contribution is -0.167. The van der Waals surface area contributed by atoms with Crippen LogP contribution in [0.5, 0.6) is 0 Å². The van der Waals surface area contributed by atoms with Gasteiger partial charge in [-0.3, -0.25) is 14.4 Å². The average Bonchev–Trinajstić information content (AvgIpc) is 3.37. The van der Waals surface area contributed by atoms with Gasteiger partial charge in [-0.1, -0.05) is 246 Å². The van der Waals surface area contributed by atoms with Gasteiger partial charge in [0.2, 0.25) is 0 Å². The Balaban J connectivity index is 4.24. The number of ether oxygens (including phenoxy) is 3. The monoisotopic (exact) mass is 987 g/mol. The van der Waals surface area contributed by atoms with E-state index in [1.54, 1.807) is 0 Å². The van der Waals surface area contributed by atoms with Gasteiger partial charge in [0, 0.05) is 19.3 Å². The molecule has 0 bridgehead atoms. The summed E-state index contributed by atoms with van der Waals surface area (Å²) in [5.74, 6) is -0.910. The lowest BCUT2D eigenvalue weighted by Gasteiger charge is -2.18. The minimum Gasteiger partial charge on any atom is -0.462 e. The first-order valence-electron chi connectivity index (χ1n) is 29.7. The van der Waals surface area contributed by atoms with Crippen molar-refractivity contribution >= 4 is 17.9 Å². The van der Waals surface area contributed by atoms with E-state index in [0.717, 1.165) is 128 Å². The highest BCUT2D eigenvalue weighted by Crippen LogP contribution is 2.16.